The molecule has 0 bridgehead atoms. The maximum atomic E-state index is 14.0. The van der Waals surface area contributed by atoms with Gasteiger partial charge in [0.05, 0.1) is 18.7 Å². The number of benzene rings is 3. The second-order valence-corrected chi connectivity index (χ2v) is 7.42. The molecule has 3 aromatic carbocycles. The third-order valence-corrected chi connectivity index (χ3v) is 4.93. The minimum atomic E-state index is -0.510. The average Bonchev–Trinajstić information content (AvgIpc) is 2.80. The zero-order chi connectivity index (χ0) is 23.1. The van der Waals surface area contributed by atoms with Crippen LogP contribution in [0.25, 0.3) is 17.2 Å². The number of halogens is 1. The van der Waals surface area contributed by atoms with E-state index >= 15 is 0 Å². The van der Waals surface area contributed by atoms with Gasteiger partial charge in [0.2, 0.25) is 0 Å². The van der Waals surface area contributed by atoms with Crippen LogP contribution in [0.15, 0.2) is 66.7 Å². The molecule has 0 fully saturated rings. The largest absolute Gasteiger partial charge is 0.466 e. The summed E-state index contributed by atoms with van der Waals surface area (Å²) >= 11 is 0. The number of ether oxygens (including phenoxy) is 1. The molecular formula is C26H24FN3O2. The van der Waals surface area contributed by atoms with Crippen molar-refractivity contribution in [3.63, 3.8) is 0 Å². The molecule has 0 spiro atoms. The van der Waals surface area contributed by atoms with Gasteiger partial charge in [0.15, 0.2) is 0 Å². The lowest BCUT2D eigenvalue weighted by Gasteiger charge is -2.14. The minimum Gasteiger partial charge on any atom is -0.466 e. The first-order valence-electron chi connectivity index (χ1n) is 10.0. The van der Waals surface area contributed by atoms with E-state index in [9.17, 15) is 14.4 Å². The van der Waals surface area contributed by atoms with E-state index in [1.165, 1.54) is 31.4 Å². The van der Waals surface area contributed by atoms with Crippen LogP contribution in [-0.2, 0) is 16.1 Å². The van der Waals surface area contributed by atoms with Gasteiger partial charge in [0.1, 0.15) is 5.82 Å². The Morgan fingerprint density at radius 1 is 1.12 bits per heavy atom. The van der Waals surface area contributed by atoms with E-state index in [1.54, 1.807) is 6.07 Å². The smallest absolute Gasteiger partial charge is 0.330 e. The van der Waals surface area contributed by atoms with Crippen LogP contribution in [-0.4, -0.2) is 27.2 Å². The highest BCUT2D eigenvalue weighted by atomic mass is 19.1. The van der Waals surface area contributed by atoms with E-state index in [4.69, 9.17) is 0 Å². The van der Waals surface area contributed by atoms with Crippen LogP contribution in [0.2, 0.25) is 0 Å². The van der Waals surface area contributed by atoms with E-state index in [2.05, 4.69) is 16.1 Å². The molecule has 0 aliphatic carbocycles. The number of carbonyl (C=O) groups excluding carboxylic acids is 1. The quantitative estimate of drug-likeness (QED) is 0.412. The van der Waals surface area contributed by atoms with Gasteiger partial charge in [-0.05, 0) is 64.7 Å². The molecule has 0 aromatic heterocycles. The fraction of sp³-hybridized carbons (Fsp3) is 0.154. The number of rotatable bonds is 7. The molecular weight excluding hydrogens is 405 g/mol. The third kappa shape index (κ3) is 5.73. The summed E-state index contributed by atoms with van der Waals surface area (Å²) in [7, 11) is 5.24. The molecule has 0 amide bonds. The van der Waals surface area contributed by atoms with Crippen molar-refractivity contribution in [2.45, 2.75) is 6.54 Å². The van der Waals surface area contributed by atoms with Crippen LogP contribution in [0, 0.1) is 17.1 Å². The average molecular weight is 429 g/mol. The molecule has 3 rings (SSSR count). The van der Waals surface area contributed by atoms with Gasteiger partial charge in [-0.15, -0.1) is 0 Å². The third-order valence-electron chi connectivity index (χ3n) is 4.93. The van der Waals surface area contributed by atoms with Crippen molar-refractivity contribution < 1.29 is 13.9 Å². The molecule has 1 N–H and O–H groups in total. The molecule has 0 aliphatic rings. The molecule has 0 radical (unpaired) electrons. The Kier molecular flexibility index (Phi) is 7.25. The molecule has 0 saturated heterocycles. The van der Waals surface area contributed by atoms with Gasteiger partial charge < -0.3 is 15.0 Å². The number of hydrogen-bond acceptors (Lipinski definition) is 5. The minimum absolute atomic E-state index is 0.415. The normalized spacial score (nSPS) is 10.6. The van der Waals surface area contributed by atoms with Crippen molar-refractivity contribution in [3.05, 3.63) is 89.2 Å². The molecule has 5 nitrogen and oxygen atoms in total. The molecule has 6 heteroatoms. The summed E-state index contributed by atoms with van der Waals surface area (Å²) in [6, 6.07) is 20.4. The van der Waals surface area contributed by atoms with Gasteiger partial charge >= 0.3 is 5.97 Å². The molecule has 0 heterocycles. The van der Waals surface area contributed by atoms with Gasteiger partial charge in [-0.3, -0.25) is 0 Å². The number of nitrogens with one attached hydrogen (secondary N) is 1. The Morgan fingerprint density at radius 3 is 2.53 bits per heavy atom. The van der Waals surface area contributed by atoms with E-state index in [1.807, 2.05) is 61.5 Å². The van der Waals surface area contributed by atoms with Crippen LogP contribution in [0.5, 0.6) is 0 Å². The van der Waals surface area contributed by atoms with Crippen LogP contribution < -0.4 is 10.2 Å². The lowest BCUT2D eigenvalue weighted by molar-refractivity contribution is -0.134. The summed E-state index contributed by atoms with van der Waals surface area (Å²) in [5, 5.41) is 12.8. The second kappa shape index (κ2) is 10.3. The first kappa shape index (κ1) is 22.6. The Morgan fingerprint density at radius 2 is 1.88 bits per heavy atom. The predicted molar refractivity (Wildman–Crippen MR) is 126 cm³/mol. The van der Waals surface area contributed by atoms with Gasteiger partial charge in [0, 0.05) is 38.1 Å². The number of nitriles is 1. The summed E-state index contributed by atoms with van der Waals surface area (Å²) in [6.07, 6.45) is 2.73. The van der Waals surface area contributed by atoms with Crippen LogP contribution in [0.1, 0.15) is 16.7 Å². The number of carbonyl (C=O) groups is 1. The highest BCUT2D eigenvalue weighted by molar-refractivity contribution is 5.87. The standard InChI is InChI=1S/C26H24FN3O2/c1-30(2)24-8-6-20(7-9-24)25-10-4-19(12-21(25)16-28)17-29-23-14-18(13-22(27)15-23)5-11-26(31)32-3/h4-15,29H,17H2,1-3H3/b11-5+. The maximum Gasteiger partial charge on any atom is 0.330 e. The summed E-state index contributed by atoms with van der Waals surface area (Å²) < 4.78 is 18.5. The first-order chi connectivity index (χ1) is 15.4. The van der Waals surface area contributed by atoms with Crippen LogP contribution in [0.3, 0.4) is 0 Å². The van der Waals surface area contributed by atoms with Gasteiger partial charge in [-0.25, -0.2) is 9.18 Å². The maximum absolute atomic E-state index is 14.0. The lowest BCUT2D eigenvalue weighted by atomic mass is 9.98. The second-order valence-electron chi connectivity index (χ2n) is 7.42. The van der Waals surface area contributed by atoms with Crippen LogP contribution >= 0.6 is 0 Å². The summed E-state index contributed by atoms with van der Waals surface area (Å²) in [4.78, 5) is 13.3. The summed E-state index contributed by atoms with van der Waals surface area (Å²) in [6.45, 7) is 0.415. The van der Waals surface area contributed by atoms with Crippen molar-refractivity contribution in [1.82, 2.24) is 0 Å². The molecule has 162 valence electrons. The van der Waals surface area contributed by atoms with Crippen molar-refractivity contribution >= 4 is 23.4 Å². The van der Waals surface area contributed by atoms with Gasteiger partial charge in [0.25, 0.3) is 0 Å². The van der Waals surface area contributed by atoms with Crippen molar-refractivity contribution in [1.29, 1.82) is 5.26 Å². The van der Waals surface area contributed by atoms with Gasteiger partial charge in [-0.2, -0.15) is 5.26 Å². The zero-order valence-corrected chi connectivity index (χ0v) is 18.2. The first-order valence-corrected chi connectivity index (χ1v) is 10.0. The Bertz CT molecular complexity index is 1180. The number of nitrogens with zero attached hydrogens (tertiary/aromatic N) is 2. The summed E-state index contributed by atoms with van der Waals surface area (Å²) in [5.74, 6) is -0.932. The predicted octanol–water partition coefficient (Wildman–Crippen LogP) is 5.23. The van der Waals surface area contributed by atoms with Crippen molar-refractivity contribution in [2.75, 3.05) is 31.4 Å². The van der Waals surface area contributed by atoms with Crippen LogP contribution in [0.4, 0.5) is 15.8 Å². The molecule has 32 heavy (non-hydrogen) atoms. The number of hydrogen-bond donors (Lipinski definition) is 1. The fourth-order valence-corrected chi connectivity index (χ4v) is 3.23. The summed E-state index contributed by atoms with van der Waals surface area (Å²) in [5.41, 5.74) is 5.49. The van der Waals surface area contributed by atoms with E-state index in [0.717, 1.165) is 22.4 Å². The van der Waals surface area contributed by atoms with Gasteiger partial charge in [-0.1, -0.05) is 24.3 Å². The number of anilines is 2. The topological polar surface area (TPSA) is 65.4 Å². The Balaban J connectivity index is 1.76. The highest BCUT2D eigenvalue weighted by Gasteiger charge is 2.08. The van der Waals surface area contributed by atoms with Crippen molar-refractivity contribution in [3.8, 4) is 17.2 Å². The zero-order valence-electron chi connectivity index (χ0n) is 18.2. The molecule has 0 atom stereocenters. The van der Waals surface area contributed by atoms with E-state index in [0.29, 0.717) is 23.4 Å². The molecule has 0 unspecified atom stereocenters. The fourth-order valence-electron chi connectivity index (χ4n) is 3.23. The number of methoxy groups -OCH3 is 1. The van der Waals surface area contributed by atoms with E-state index in [-0.39, 0.29) is 0 Å². The lowest BCUT2D eigenvalue weighted by Crippen LogP contribution is -2.07. The molecule has 0 saturated carbocycles. The molecule has 0 aliphatic heterocycles. The van der Waals surface area contributed by atoms with Crippen molar-refractivity contribution in [2.24, 2.45) is 0 Å². The SMILES string of the molecule is COC(=O)/C=C/c1cc(F)cc(NCc2ccc(-c3ccc(N(C)C)cc3)c(C#N)c2)c1. The highest BCUT2D eigenvalue weighted by Crippen LogP contribution is 2.27. The Hall–Kier alpha value is -4.11. The van der Waals surface area contributed by atoms with E-state index < -0.39 is 11.8 Å². The molecule has 3 aromatic rings. The monoisotopic (exact) mass is 429 g/mol. The Labute approximate surface area is 187 Å². The number of esters is 1.